The first-order valence-electron chi connectivity index (χ1n) is 5.62. The maximum absolute atomic E-state index is 13.1. The van der Waals surface area contributed by atoms with Crippen LogP contribution in [0.2, 0.25) is 0 Å². The van der Waals surface area contributed by atoms with Gasteiger partial charge in [-0.05, 0) is 26.0 Å². The molecule has 1 aromatic heterocycles. The highest BCUT2D eigenvalue weighted by atomic mass is 19.1. The van der Waals surface area contributed by atoms with Gasteiger partial charge in [0.2, 0.25) is 5.95 Å². The Kier molecular flexibility index (Phi) is 3.38. The maximum atomic E-state index is 13.1. The van der Waals surface area contributed by atoms with E-state index in [2.05, 4.69) is 4.98 Å². The van der Waals surface area contributed by atoms with Gasteiger partial charge in [0.15, 0.2) is 6.29 Å². The number of nitrogens with zero attached hydrogens (tertiary/aromatic N) is 2. The summed E-state index contributed by atoms with van der Waals surface area (Å²) < 4.78 is 18.7. The first kappa shape index (κ1) is 12.0. The Morgan fingerprint density at radius 2 is 2.06 bits per heavy atom. The molecule has 5 heteroatoms. The predicted octanol–water partition coefficient (Wildman–Crippen LogP) is 1.65. The van der Waals surface area contributed by atoms with Crippen LogP contribution in [-0.4, -0.2) is 36.6 Å². The first-order chi connectivity index (χ1) is 8.10. The van der Waals surface area contributed by atoms with E-state index in [1.54, 1.807) is 0 Å². The lowest BCUT2D eigenvalue weighted by atomic mass is 10.2. The highest BCUT2D eigenvalue weighted by molar-refractivity contribution is 5.82. The molecule has 1 aliphatic heterocycles. The van der Waals surface area contributed by atoms with Crippen LogP contribution in [0.15, 0.2) is 12.1 Å². The van der Waals surface area contributed by atoms with Gasteiger partial charge in [-0.2, -0.15) is 4.39 Å². The second-order valence-electron chi connectivity index (χ2n) is 4.33. The standard InChI is InChI=1S/C12H15FN2O2/c1-8-5-15(6-9(2)17-8)12-10(7-16)3-4-11(13)14-12/h3-4,7-9H,5-6H2,1-2H3. The van der Waals surface area contributed by atoms with Crippen LogP contribution >= 0.6 is 0 Å². The molecule has 0 bridgehead atoms. The molecule has 2 rings (SSSR count). The average molecular weight is 238 g/mol. The molecule has 17 heavy (non-hydrogen) atoms. The van der Waals surface area contributed by atoms with E-state index in [1.165, 1.54) is 12.1 Å². The van der Waals surface area contributed by atoms with Gasteiger partial charge >= 0.3 is 0 Å². The number of carbonyl (C=O) groups excluding carboxylic acids is 1. The molecule has 0 aliphatic carbocycles. The number of hydrogen-bond donors (Lipinski definition) is 0. The minimum Gasteiger partial charge on any atom is -0.372 e. The highest BCUT2D eigenvalue weighted by Gasteiger charge is 2.25. The Morgan fingerprint density at radius 1 is 1.41 bits per heavy atom. The average Bonchev–Trinajstić information content (AvgIpc) is 2.27. The van der Waals surface area contributed by atoms with Crippen LogP contribution in [-0.2, 0) is 4.74 Å². The summed E-state index contributed by atoms with van der Waals surface area (Å²) >= 11 is 0. The van der Waals surface area contributed by atoms with Gasteiger partial charge in [-0.1, -0.05) is 0 Å². The summed E-state index contributed by atoms with van der Waals surface area (Å²) in [6, 6.07) is 2.65. The molecule has 92 valence electrons. The zero-order valence-corrected chi connectivity index (χ0v) is 9.89. The van der Waals surface area contributed by atoms with E-state index < -0.39 is 5.95 Å². The predicted molar refractivity (Wildman–Crippen MR) is 61.8 cm³/mol. The Morgan fingerprint density at radius 3 is 2.65 bits per heavy atom. The van der Waals surface area contributed by atoms with E-state index in [-0.39, 0.29) is 12.2 Å². The summed E-state index contributed by atoms with van der Waals surface area (Å²) in [5, 5.41) is 0. The van der Waals surface area contributed by atoms with Crippen LogP contribution < -0.4 is 4.90 Å². The van der Waals surface area contributed by atoms with Crippen molar-refractivity contribution in [2.45, 2.75) is 26.1 Å². The quantitative estimate of drug-likeness (QED) is 0.580. The zero-order chi connectivity index (χ0) is 12.4. The summed E-state index contributed by atoms with van der Waals surface area (Å²) in [6.45, 7) is 5.12. The van der Waals surface area contributed by atoms with Crippen LogP contribution in [0, 0.1) is 5.95 Å². The number of ether oxygens (including phenoxy) is 1. The van der Waals surface area contributed by atoms with Crippen LogP contribution in [0.25, 0.3) is 0 Å². The molecule has 0 radical (unpaired) electrons. The Balaban J connectivity index is 2.31. The number of pyridine rings is 1. The summed E-state index contributed by atoms with van der Waals surface area (Å²) in [5.41, 5.74) is 0.410. The molecule has 2 unspecified atom stereocenters. The summed E-state index contributed by atoms with van der Waals surface area (Å²) in [4.78, 5) is 16.6. The number of carbonyl (C=O) groups is 1. The SMILES string of the molecule is CC1CN(c2nc(F)ccc2C=O)CC(C)O1. The van der Waals surface area contributed by atoms with Crippen molar-refractivity contribution in [3.63, 3.8) is 0 Å². The molecule has 0 spiro atoms. The fourth-order valence-electron chi connectivity index (χ4n) is 2.13. The van der Waals surface area contributed by atoms with Gasteiger partial charge < -0.3 is 9.64 Å². The second-order valence-corrected chi connectivity index (χ2v) is 4.33. The Labute approximate surface area is 99.4 Å². The molecule has 0 saturated carbocycles. The van der Waals surface area contributed by atoms with Crippen molar-refractivity contribution in [3.05, 3.63) is 23.6 Å². The van der Waals surface area contributed by atoms with Gasteiger partial charge in [0.1, 0.15) is 5.82 Å². The lowest BCUT2D eigenvalue weighted by Crippen LogP contribution is -2.46. The molecule has 1 aromatic rings. The lowest BCUT2D eigenvalue weighted by molar-refractivity contribution is -0.00554. The van der Waals surface area contributed by atoms with Crippen LogP contribution in [0.5, 0.6) is 0 Å². The van der Waals surface area contributed by atoms with Crippen molar-refractivity contribution >= 4 is 12.1 Å². The zero-order valence-electron chi connectivity index (χ0n) is 9.89. The molecule has 1 fully saturated rings. The smallest absolute Gasteiger partial charge is 0.214 e. The number of aldehydes is 1. The number of morpholine rings is 1. The largest absolute Gasteiger partial charge is 0.372 e. The van der Waals surface area contributed by atoms with Gasteiger partial charge in [-0.25, -0.2) is 4.98 Å². The fourth-order valence-corrected chi connectivity index (χ4v) is 2.13. The minimum atomic E-state index is -0.572. The Hall–Kier alpha value is -1.49. The molecule has 1 aliphatic rings. The van der Waals surface area contributed by atoms with Crippen molar-refractivity contribution in [1.82, 2.24) is 4.98 Å². The molecule has 0 N–H and O–H groups in total. The van der Waals surface area contributed by atoms with Gasteiger partial charge in [-0.3, -0.25) is 4.79 Å². The Bertz CT molecular complexity index is 415. The third-order valence-electron chi connectivity index (χ3n) is 2.72. The number of hydrogen-bond acceptors (Lipinski definition) is 4. The number of anilines is 1. The topological polar surface area (TPSA) is 42.4 Å². The minimum absolute atomic E-state index is 0.0447. The molecule has 0 aromatic carbocycles. The van der Waals surface area contributed by atoms with E-state index in [0.29, 0.717) is 30.8 Å². The van der Waals surface area contributed by atoms with Crippen LogP contribution in [0.3, 0.4) is 0 Å². The van der Waals surface area contributed by atoms with Gasteiger partial charge in [0, 0.05) is 13.1 Å². The van der Waals surface area contributed by atoms with Crippen molar-refractivity contribution in [2.24, 2.45) is 0 Å². The van der Waals surface area contributed by atoms with Crippen LogP contribution in [0.1, 0.15) is 24.2 Å². The third-order valence-corrected chi connectivity index (χ3v) is 2.72. The maximum Gasteiger partial charge on any atom is 0.214 e. The summed E-state index contributed by atoms with van der Waals surface area (Å²) in [7, 11) is 0. The van der Waals surface area contributed by atoms with Gasteiger partial charge in [0.05, 0.1) is 17.8 Å². The van der Waals surface area contributed by atoms with Crippen LogP contribution in [0.4, 0.5) is 10.2 Å². The first-order valence-corrected chi connectivity index (χ1v) is 5.62. The van der Waals surface area contributed by atoms with Gasteiger partial charge in [-0.15, -0.1) is 0 Å². The third kappa shape index (κ3) is 2.61. The van der Waals surface area contributed by atoms with E-state index >= 15 is 0 Å². The monoisotopic (exact) mass is 238 g/mol. The molecule has 2 atom stereocenters. The highest BCUT2D eigenvalue weighted by Crippen LogP contribution is 2.21. The molecular formula is C12H15FN2O2. The molecule has 4 nitrogen and oxygen atoms in total. The van der Waals surface area contributed by atoms with Crippen molar-refractivity contribution in [3.8, 4) is 0 Å². The number of aromatic nitrogens is 1. The van der Waals surface area contributed by atoms with E-state index in [1.807, 2.05) is 18.7 Å². The van der Waals surface area contributed by atoms with Crippen molar-refractivity contribution < 1.29 is 13.9 Å². The lowest BCUT2D eigenvalue weighted by Gasteiger charge is -2.36. The van der Waals surface area contributed by atoms with E-state index in [9.17, 15) is 9.18 Å². The number of halogens is 1. The molecular weight excluding hydrogens is 223 g/mol. The normalized spacial score (nSPS) is 24.8. The van der Waals surface area contributed by atoms with E-state index in [0.717, 1.165) is 0 Å². The number of rotatable bonds is 2. The molecule has 2 heterocycles. The summed E-state index contributed by atoms with van der Waals surface area (Å²) in [5.74, 6) is -0.167. The fraction of sp³-hybridized carbons (Fsp3) is 0.500. The molecule has 0 amide bonds. The van der Waals surface area contributed by atoms with E-state index in [4.69, 9.17) is 4.74 Å². The summed E-state index contributed by atoms with van der Waals surface area (Å²) in [6.07, 6.45) is 0.790. The second kappa shape index (κ2) is 4.79. The molecule has 1 saturated heterocycles. The van der Waals surface area contributed by atoms with Gasteiger partial charge in [0.25, 0.3) is 0 Å². The van der Waals surface area contributed by atoms with Crippen molar-refractivity contribution in [1.29, 1.82) is 0 Å². The van der Waals surface area contributed by atoms with Crippen molar-refractivity contribution in [2.75, 3.05) is 18.0 Å².